The van der Waals surface area contributed by atoms with Crippen molar-refractivity contribution in [1.82, 2.24) is 5.32 Å². The van der Waals surface area contributed by atoms with Crippen LogP contribution in [0.25, 0.3) is 0 Å². The van der Waals surface area contributed by atoms with Gasteiger partial charge in [0.1, 0.15) is 11.5 Å². The van der Waals surface area contributed by atoms with Crippen molar-refractivity contribution in [3.63, 3.8) is 0 Å². The minimum absolute atomic E-state index is 0.0805. The van der Waals surface area contributed by atoms with Crippen LogP contribution in [0.2, 0.25) is 0 Å². The largest absolute Gasteiger partial charge is 0.469 e. The highest BCUT2D eigenvalue weighted by molar-refractivity contribution is 7.12. The lowest BCUT2D eigenvalue weighted by Crippen LogP contribution is -2.28. The molecule has 5 heteroatoms. The van der Waals surface area contributed by atoms with Crippen LogP contribution in [-0.4, -0.2) is 12.5 Å². The first-order valence-electron chi connectivity index (χ1n) is 6.23. The molecule has 3 heterocycles. The van der Waals surface area contributed by atoms with E-state index in [0.29, 0.717) is 11.4 Å². The number of hydrogen-bond acceptors (Lipinski definition) is 4. The first-order valence-corrected chi connectivity index (χ1v) is 7.11. The van der Waals surface area contributed by atoms with E-state index >= 15 is 0 Å². The first-order chi connectivity index (χ1) is 9.84. The average Bonchev–Trinajstić information content (AvgIpc) is 3.22. The Hall–Kier alpha value is -2.27. The number of furan rings is 2. The van der Waals surface area contributed by atoms with Crippen LogP contribution >= 0.6 is 11.3 Å². The van der Waals surface area contributed by atoms with Crippen LogP contribution in [0.3, 0.4) is 0 Å². The number of carbonyl (C=O) groups is 1. The second kappa shape index (κ2) is 5.79. The molecule has 3 rings (SSSR count). The van der Waals surface area contributed by atoms with Crippen molar-refractivity contribution in [2.75, 3.05) is 6.54 Å². The van der Waals surface area contributed by atoms with Gasteiger partial charge in [-0.05, 0) is 35.7 Å². The van der Waals surface area contributed by atoms with Crippen molar-refractivity contribution in [2.24, 2.45) is 0 Å². The van der Waals surface area contributed by atoms with Gasteiger partial charge >= 0.3 is 0 Å². The molecule has 0 aliphatic heterocycles. The third-order valence-corrected chi connectivity index (χ3v) is 3.85. The fourth-order valence-corrected chi connectivity index (χ4v) is 2.65. The van der Waals surface area contributed by atoms with Gasteiger partial charge in [0.05, 0.1) is 23.3 Å². The lowest BCUT2D eigenvalue weighted by Gasteiger charge is -2.12. The first kappa shape index (κ1) is 12.7. The van der Waals surface area contributed by atoms with E-state index in [1.807, 2.05) is 35.7 Å². The van der Waals surface area contributed by atoms with Crippen LogP contribution in [0.4, 0.5) is 0 Å². The maximum absolute atomic E-state index is 12.0. The predicted octanol–water partition coefficient (Wildman–Crippen LogP) is 3.50. The molecular weight excluding hydrogens is 274 g/mol. The molecule has 0 atom stereocenters. The molecule has 0 aromatic carbocycles. The van der Waals surface area contributed by atoms with Crippen LogP contribution < -0.4 is 5.32 Å². The van der Waals surface area contributed by atoms with Crippen molar-refractivity contribution < 1.29 is 13.6 Å². The maximum atomic E-state index is 12.0. The molecule has 20 heavy (non-hydrogen) atoms. The quantitative estimate of drug-likeness (QED) is 0.781. The van der Waals surface area contributed by atoms with Gasteiger partial charge < -0.3 is 14.2 Å². The normalized spacial score (nSPS) is 10.8. The zero-order valence-corrected chi connectivity index (χ0v) is 11.4. The molecule has 1 N–H and O–H groups in total. The van der Waals surface area contributed by atoms with E-state index in [4.69, 9.17) is 8.83 Å². The lowest BCUT2D eigenvalue weighted by molar-refractivity contribution is 0.0955. The number of thiophene rings is 1. The summed E-state index contributed by atoms with van der Waals surface area (Å²) in [6, 6.07) is 11.1. The number of amides is 1. The number of carbonyl (C=O) groups excluding carboxylic acids is 1. The van der Waals surface area contributed by atoms with Crippen molar-refractivity contribution in [1.29, 1.82) is 0 Å². The SMILES string of the molecule is O=C(NCC(c1ccco1)c1ccco1)c1cccs1. The molecule has 0 aliphatic carbocycles. The summed E-state index contributed by atoms with van der Waals surface area (Å²) in [4.78, 5) is 12.7. The van der Waals surface area contributed by atoms with Crippen molar-refractivity contribution in [3.05, 3.63) is 70.7 Å². The molecule has 102 valence electrons. The molecule has 4 nitrogen and oxygen atoms in total. The van der Waals surface area contributed by atoms with Crippen LogP contribution in [0.5, 0.6) is 0 Å². The van der Waals surface area contributed by atoms with Gasteiger partial charge in [-0.25, -0.2) is 0 Å². The molecule has 0 saturated carbocycles. The van der Waals surface area contributed by atoms with Crippen LogP contribution in [0.1, 0.15) is 27.1 Å². The summed E-state index contributed by atoms with van der Waals surface area (Å²) in [7, 11) is 0. The highest BCUT2D eigenvalue weighted by atomic mass is 32.1. The summed E-state index contributed by atoms with van der Waals surface area (Å²) >= 11 is 1.42. The minimum Gasteiger partial charge on any atom is -0.469 e. The molecule has 0 radical (unpaired) electrons. The molecule has 1 amide bonds. The number of hydrogen-bond donors (Lipinski definition) is 1. The van der Waals surface area contributed by atoms with Crippen molar-refractivity contribution in [3.8, 4) is 0 Å². The lowest BCUT2D eigenvalue weighted by atomic mass is 10.0. The standard InChI is InChI=1S/C15H13NO3S/c17-15(14-6-3-9-20-14)16-10-11(12-4-1-7-18-12)13-5-2-8-19-13/h1-9,11H,10H2,(H,16,17). The Labute approximate surface area is 120 Å². The van der Waals surface area contributed by atoms with E-state index in [1.165, 1.54) is 11.3 Å². The van der Waals surface area contributed by atoms with Gasteiger partial charge in [0, 0.05) is 6.54 Å². The maximum Gasteiger partial charge on any atom is 0.261 e. The topological polar surface area (TPSA) is 55.4 Å². The summed E-state index contributed by atoms with van der Waals surface area (Å²) in [5.41, 5.74) is 0. The Morgan fingerprint density at radius 3 is 2.30 bits per heavy atom. The number of nitrogens with one attached hydrogen (secondary N) is 1. The Kier molecular flexibility index (Phi) is 3.69. The molecule has 0 spiro atoms. The Balaban J connectivity index is 1.73. The van der Waals surface area contributed by atoms with Crippen LogP contribution in [0.15, 0.2) is 63.1 Å². The van der Waals surface area contributed by atoms with Gasteiger partial charge in [0.2, 0.25) is 0 Å². The molecule has 0 bridgehead atoms. The smallest absolute Gasteiger partial charge is 0.261 e. The summed E-state index contributed by atoms with van der Waals surface area (Å²) in [5, 5.41) is 4.79. The van der Waals surface area contributed by atoms with Crippen LogP contribution in [-0.2, 0) is 0 Å². The molecule has 0 unspecified atom stereocenters. The second-order valence-electron chi connectivity index (χ2n) is 4.27. The molecule has 3 aromatic rings. The minimum atomic E-state index is -0.121. The van der Waals surface area contributed by atoms with Crippen molar-refractivity contribution >= 4 is 17.2 Å². The third kappa shape index (κ3) is 2.67. The third-order valence-electron chi connectivity index (χ3n) is 2.98. The molecular formula is C15H13NO3S. The van der Waals surface area contributed by atoms with E-state index in [-0.39, 0.29) is 11.8 Å². The Morgan fingerprint density at radius 1 is 1.10 bits per heavy atom. The summed E-state index contributed by atoms with van der Waals surface area (Å²) < 4.78 is 10.9. The van der Waals surface area contributed by atoms with Gasteiger partial charge in [0.15, 0.2) is 0 Å². The highest BCUT2D eigenvalue weighted by Gasteiger charge is 2.21. The predicted molar refractivity (Wildman–Crippen MR) is 75.9 cm³/mol. The van der Waals surface area contributed by atoms with Gasteiger partial charge in [-0.3, -0.25) is 4.79 Å². The Bertz CT molecular complexity index is 607. The van der Waals surface area contributed by atoms with Gasteiger partial charge in [0.25, 0.3) is 5.91 Å². The van der Waals surface area contributed by atoms with Crippen LogP contribution in [0, 0.1) is 0 Å². The molecule has 0 saturated heterocycles. The van der Waals surface area contributed by atoms with Gasteiger partial charge in [-0.1, -0.05) is 6.07 Å². The van der Waals surface area contributed by atoms with Crippen molar-refractivity contribution in [2.45, 2.75) is 5.92 Å². The molecule has 3 aromatic heterocycles. The average molecular weight is 287 g/mol. The Morgan fingerprint density at radius 2 is 1.80 bits per heavy atom. The van der Waals surface area contributed by atoms with E-state index in [9.17, 15) is 4.79 Å². The summed E-state index contributed by atoms with van der Waals surface area (Å²) in [6.07, 6.45) is 3.23. The van der Waals surface area contributed by atoms with E-state index in [1.54, 1.807) is 18.6 Å². The molecule has 0 aliphatic rings. The monoisotopic (exact) mass is 287 g/mol. The fourth-order valence-electron chi connectivity index (χ4n) is 2.01. The fraction of sp³-hybridized carbons (Fsp3) is 0.133. The van der Waals surface area contributed by atoms with E-state index in [2.05, 4.69) is 5.32 Å². The summed E-state index contributed by atoms with van der Waals surface area (Å²) in [6.45, 7) is 0.428. The van der Waals surface area contributed by atoms with E-state index < -0.39 is 0 Å². The summed E-state index contributed by atoms with van der Waals surface area (Å²) in [5.74, 6) is 1.34. The second-order valence-corrected chi connectivity index (χ2v) is 5.22. The molecule has 0 fully saturated rings. The van der Waals surface area contributed by atoms with Gasteiger partial charge in [-0.2, -0.15) is 0 Å². The highest BCUT2D eigenvalue weighted by Crippen LogP contribution is 2.25. The number of rotatable bonds is 5. The zero-order chi connectivity index (χ0) is 13.8. The van der Waals surface area contributed by atoms with Gasteiger partial charge in [-0.15, -0.1) is 11.3 Å². The van der Waals surface area contributed by atoms with E-state index in [0.717, 1.165) is 11.5 Å². The zero-order valence-electron chi connectivity index (χ0n) is 10.6.